The van der Waals surface area contributed by atoms with E-state index in [-0.39, 0.29) is 11.4 Å². The molecule has 4 nitrogen and oxygen atoms in total. The smallest absolute Gasteiger partial charge is 0.251 e. The predicted octanol–water partition coefficient (Wildman–Crippen LogP) is 2.08. The first-order chi connectivity index (χ1) is 9.09. The van der Waals surface area contributed by atoms with Crippen molar-refractivity contribution in [3.63, 3.8) is 0 Å². The second-order valence-electron chi connectivity index (χ2n) is 5.78. The van der Waals surface area contributed by atoms with E-state index in [1.165, 1.54) is 19.3 Å². The molecule has 19 heavy (non-hydrogen) atoms. The first kappa shape index (κ1) is 14.0. The van der Waals surface area contributed by atoms with Gasteiger partial charge in [-0.1, -0.05) is 6.42 Å². The number of pyridine rings is 1. The van der Waals surface area contributed by atoms with Gasteiger partial charge in [0, 0.05) is 30.0 Å². The van der Waals surface area contributed by atoms with Gasteiger partial charge >= 0.3 is 0 Å². The number of aromatic nitrogens is 1. The van der Waals surface area contributed by atoms with Crippen LogP contribution in [0.4, 0.5) is 0 Å². The van der Waals surface area contributed by atoms with Crippen molar-refractivity contribution in [3.8, 4) is 0 Å². The standard InChI is InChI=1S/C15H23N3O/c1-15(2,18-10-4-3-5-11-18)12-17-14(19)13-6-8-16-9-7-13/h6-9H,3-5,10-12H2,1-2H3,(H,17,19). The van der Waals surface area contributed by atoms with Gasteiger partial charge in [0.15, 0.2) is 0 Å². The van der Waals surface area contributed by atoms with Crippen LogP contribution in [0.1, 0.15) is 43.5 Å². The highest BCUT2D eigenvalue weighted by molar-refractivity contribution is 5.93. The summed E-state index contributed by atoms with van der Waals surface area (Å²) in [5.41, 5.74) is 0.688. The number of hydrogen-bond donors (Lipinski definition) is 1. The molecule has 2 heterocycles. The van der Waals surface area contributed by atoms with E-state index < -0.39 is 0 Å². The number of hydrogen-bond acceptors (Lipinski definition) is 3. The van der Waals surface area contributed by atoms with Crippen LogP contribution in [0.25, 0.3) is 0 Å². The van der Waals surface area contributed by atoms with Gasteiger partial charge < -0.3 is 5.32 Å². The molecule has 1 aromatic heterocycles. The number of likely N-dealkylation sites (tertiary alicyclic amines) is 1. The second-order valence-corrected chi connectivity index (χ2v) is 5.78. The zero-order chi connectivity index (χ0) is 13.7. The normalized spacial score (nSPS) is 17.2. The Morgan fingerprint density at radius 3 is 2.53 bits per heavy atom. The van der Waals surface area contributed by atoms with Gasteiger partial charge in [0.05, 0.1) is 0 Å². The van der Waals surface area contributed by atoms with E-state index in [0.717, 1.165) is 13.1 Å². The molecule has 0 bridgehead atoms. The van der Waals surface area contributed by atoms with E-state index in [0.29, 0.717) is 12.1 Å². The molecule has 4 heteroatoms. The summed E-state index contributed by atoms with van der Waals surface area (Å²) in [6, 6.07) is 3.48. The molecule has 1 fully saturated rings. The van der Waals surface area contributed by atoms with Gasteiger partial charge in [0.25, 0.3) is 5.91 Å². The Morgan fingerprint density at radius 1 is 1.26 bits per heavy atom. The summed E-state index contributed by atoms with van der Waals surface area (Å²) >= 11 is 0. The molecule has 1 saturated heterocycles. The van der Waals surface area contributed by atoms with Crippen LogP contribution >= 0.6 is 0 Å². The number of nitrogens with one attached hydrogen (secondary N) is 1. The van der Waals surface area contributed by atoms with Crippen LogP contribution in [0.15, 0.2) is 24.5 Å². The van der Waals surface area contributed by atoms with Crippen LogP contribution in [0.3, 0.4) is 0 Å². The van der Waals surface area contributed by atoms with E-state index in [4.69, 9.17) is 0 Å². The average Bonchev–Trinajstić information content (AvgIpc) is 2.47. The lowest BCUT2D eigenvalue weighted by Crippen LogP contribution is -2.53. The van der Waals surface area contributed by atoms with Crippen LogP contribution < -0.4 is 5.32 Å². The van der Waals surface area contributed by atoms with Crippen molar-refractivity contribution in [2.75, 3.05) is 19.6 Å². The fourth-order valence-electron chi connectivity index (χ4n) is 2.51. The summed E-state index contributed by atoms with van der Waals surface area (Å²) in [5.74, 6) is -0.0208. The molecule has 0 saturated carbocycles. The molecule has 0 aliphatic carbocycles. The fourth-order valence-corrected chi connectivity index (χ4v) is 2.51. The minimum Gasteiger partial charge on any atom is -0.350 e. The Hall–Kier alpha value is -1.42. The van der Waals surface area contributed by atoms with E-state index in [9.17, 15) is 4.79 Å². The number of carbonyl (C=O) groups is 1. The largest absolute Gasteiger partial charge is 0.350 e. The van der Waals surface area contributed by atoms with Crippen LogP contribution in [0.5, 0.6) is 0 Å². The number of nitrogens with zero attached hydrogens (tertiary/aromatic N) is 2. The van der Waals surface area contributed by atoms with Crippen molar-refractivity contribution in [3.05, 3.63) is 30.1 Å². The van der Waals surface area contributed by atoms with Gasteiger partial charge in [-0.3, -0.25) is 14.7 Å². The predicted molar refractivity (Wildman–Crippen MR) is 76.1 cm³/mol. The highest BCUT2D eigenvalue weighted by Gasteiger charge is 2.28. The zero-order valence-electron chi connectivity index (χ0n) is 11.9. The fraction of sp³-hybridized carbons (Fsp3) is 0.600. The quantitative estimate of drug-likeness (QED) is 0.902. The van der Waals surface area contributed by atoms with E-state index >= 15 is 0 Å². The summed E-state index contributed by atoms with van der Waals surface area (Å²) in [7, 11) is 0. The van der Waals surface area contributed by atoms with Gasteiger partial charge in [-0.2, -0.15) is 0 Å². The van der Waals surface area contributed by atoms with Crippen molar-refractivity contribution in [1.82, 2.24) is 15.2 Å². The van der Waals surface area contributed by atoms with Gasteiger partial charge in [-0.05, 0) is 51.9 Å². The van der Waals surface area contributed by atoms with Crippen LogP contribution in [0, 0.1) is 0 Å². The molecule has 1 amide bonds. The molecular formula is C15H23N3O. The molecule has 1 N–H and O–H groups in total. The van der Waals surface area contributed by atoms with Crippen LogP contribution in [-0.2, 0) is 0 Å². The van der Waals surface area contributed by atoms with Gasteiger partial charge in [0.2, 0.25) is 0 Å². The molecule has 0 radical (unpaired) electrons. The average molecular weight is 261 g/mol. The Balaban J connectivity index is 1.88. The van der Waals surface area contributed by atoms with Crippen molar-refractivity contribution in [1.29, 1.82) is 0 Å². The van der Waals surface area contributed by atoms with Crippen LogP contribution in [0.2, 0.25) is 0 Å². The molecule has 1 aliphatic heterocycles. The van der Waals surface area contributed by atoms with E-state index in [1.54, 1.807) is 24.5 Å². The highest BCUT2D eigenvalue weighted by Crippen LogP contribution is 2.19. The lowest BCUT2D eigenvalue weighted by molar-refractivity contribution is 0.0797. The Kier molecular flexibility index (Phi) is 4.53. The molecule has 0 spiro atoms. The maximum Gasteiger partial charge on any atom is 0.251 e. The summed E-state index contributed by atoms with van der Waals surface area (Å²) in [5, 5.41) is 3.03. The maximum absolute atomic E-state index is 12.0. The minimum absolute atomic E-state index is 0.0170. The van der Waals surface area contributed by atoms with Crippen molar-refractivity contribution < 1.29 is 4.79 Å². The van der Waals surface area contributed by atoms with Crippen molar-refractivity contribution in [2.24, 2.45) is 0 Å². The van der Waals surface area contributed by atoms with Gasteiger partial charge in [0.1, 0.15) is 0 Å². The lowest BCUT2D eigenvalue weighted by Gasteiger charge is -2.41. The summed E-state index contributed by atoms with van der Waals surface area (Å²) in [6.45, 7) is 7.35. The van der Waals surface area contributed by atoms with Crippen molar-refractivity contribution in [2.45, 2.75) is 38.6 Å². The summed E-state index contributed by atoms with van der Waals surface area (Å²) in [6.07, 6.45) is 7.15. The monoisotopic (exact) mass is 261 g/mol. The van der Waals surface area contributed by atoms with E-state index in [2.05, 4.69) is 29.0 Å². The summed E-state index contributed by atoms with van der Waals surface area (Å²) < 4.78 is 0. The minimum atomic E-state index is -0.0208. The summed E-state index contributed by atoms with van der Waals surface area (Å²) in [4.78, 5) is 18.4. The van der Waals surface area contributed by atoms with Gasteiger partial charge in [-0.15, -0.1) is 0 Å². The molecule has 0 aromatic carbocycles. The third-order valence-corrected chi connectivity index (χ3v) is 3.84. The Morgan fingerprint density at radius 2 is 1.89 bits per heavy atom. The number of piperidine rings is 1. The lowest BCUT2D eigenvalue weighted by atomic mass is 9.98. The molecule has 0 unspecified atom stereocenters. The number of carbonyl (C=O) groups excluding carboxylic acids is 1. The first-order valence-electron chi connectivity index (χ1n) is 7.03. The molecule has 2 rings (SSSR count). The van der Waals surface area contributed by atoms with E-state index in [1.807, 2.05) is 0 Å². The topological polar surface area (TPSA) is 45.2 Å². The SMILES string of the molecule is CC(C)(CNC(=O)c1ccncc1)N1CCCCC1. The highest BCUT2D eigenvalue weighted by atomic mass is 16.1. The number of rotatable bonds is 4. The second kappa shape index (κ2) is 6.15. The molecule has 0 atom stereocenters. The third-order valence-electron chi connectivity index (χ3n) is 3.84. The zero-order valence-corrected chi connectivity index (χ0v) is 11.9. The molecule has 1 aromatic rings. The first-order valence-corrected chi connectivity index (χ1v) is 7.03. The number of amides is 1. The van der Waals surface area contributed by atoms with Gasteiger partial charge in [-0.25, -0.2) is 0 Å². The Labute approximate surface area is 115 Å². The van der Waals surface area contributed by atoms with Crippen molar-refractivity contribution >= 4 is 5.91 Å². The van der Waals surface area contributed by atoms with Crippen LogP contribution in [-0.4, -0.2) is 41.0 Å². The molecular weight excluding hydrogens is 238 g/mol. The Bertz CT molecular complexity index is 411. The molecule has 1 aliphatic rings. The third kappa shape index (κ3) is 3.77. The molecule has 104 valence electrons. The maximum atomic E-state index is 12.0.